The molecule has 2 aromatic rings. The fraction of sp³-hybridized carbons (Fsp3) is 0.250. The molecular weight excluding hydrogens is 256 g/mol. The Balaban J connectivity index is 1.88. The molecule has 0 aliphatic heterocycles. The Morgan fingerprint density at radius 2 is 1.89 bits per heavy atom. The monoisotopic (exact) mass is 274 g/mol. The second-order valence-electron chi connectivity index (χ2n) is 4.60. The molecule has 0 aliphatic carbocycles. The molecule has 19 heavy (non-hydrogen) atoms. The van der Waals surface area contributed by atoms with Gasteiger partial charge in [0.2, 0.25) is 0 Å². The molecule has 0 aromatic heterocycles. The maximum atomic E-state index is 10.0. The third kappa shape index (κ3) is 4.30. The Kier molecular flexibility index (Phi) is 4.88. The largest absolute Gasteiger partial charge is 0.508 e. The third-order valence-electron chi connectivity index (χ3n) is 2.91. The maximum Gasteiger partial charge on any atom is 0.115 e. The van der Waals surface area contributed by atoms with E-state index in [1.165, 1.54) is 10.5 Å². The quantitative estimate of drug-likeness (QED) is 0.821. The summed E-state index contributed by atoms with van der Waals surface area (Å²) in [5.41, 5.74) is 2.19. The number of hydrogen-bond acceptors (Lipinski definition) is 3. The molecule has 0 spiro atoms. The average molecular weight is 274 g/mol. The van der Waals surface area contributed by atoms with E-state index in [1.54, 1.807) is 30.0 Å². The van der Waals surface area contributed by atoms with Gasteiger partial charge in [-0.05, 0) is 42.7 Å². The summed E-state index contributed by atoms with van der Waals surface area (Å²) in [7, 11) is 0. The van der Waals surface area contributed by atoms with E-state index in [9.17, 15) is 10.2 Å². The molecule has 2 nitrogen and oxygen atoms in total. The summed E-state index contributed by atoms with van der Waals surface area (Å²) in [6.45, 7) is 2.07. The van der Waals surface area contributed by atoms with Crippen molar-refractivity contribution < 1.29 is 10.2 Å². The Labute approximate surface area is 118 Å². The Bertz CT molecular complexity index is 540. The highest BCUT2D eigenvalue weighted by molar-refractivity contribution is 7.99. The minimum absolute atomic E-state index is 0.247. The number of rotatable bonds is 5. The zero-order valence-corrected chi connectivity index (χ0v) is 11.7. The first kappa shape index (κ1) is 14.0. The lowest BCUT2D eigenvalue weighted by Crippen LogP contribution is -2.13. The molecule has 2 rings (SSSR count). The average Bonchev–Trinajstić information content (AvgIpc) is 2.38. The van der Waals surface area contributed by atoms with Crippen LogP contribution in [0.3, 0.4) is 0 Å². The highest BCUT2D eigenvalue weighted by Crippen LogP contribution is 2.23. The number of hydrogen-bond donors (Lipinski definition) is 2. The number of aromatic hydroxyl groups is 1. The highest BCUT2D eigenvalue weighted by atomic mass is 32.2. The van der Waals surface area contributed by atoms with E-state index >= 15 is 0 Å². The van der Waals surface area contributed by atoms with Gasteiger partial charge in [-0.15, -0.1) is 11.8 Å². The SMILES string of the molecule is Cc1ccccc1SCC(O)Cc1cccc(O)c1. The molecule has 0 heterocycles. The lowest BCUT2D eigenvalue weighted by Gasteiger charge is -2.11. The number of aliphatic hydroxyl groups excluding tert-OH is 1. The molecule has 1 unspecified atom stereocenters. The summed E-state index contributed by atoms with van der Waals surface area (Å²) in [5.74, 6) is 0.900. The summed E-state index contributed by atoms with van der Waals surface area (Å²) in [4.78, 5) is 1.21. The number of aryl methyl sites for hydroxylation is 1. The van der Waals surface area contributed by atoms with Crippen molar-refractivity contribution in [2.24, 2.45) is 0 Å². The van der Waals surface area contributed by atoms with Crippen LogP contribution in [0.1, 0.15) is 11.1 Å². The van der Waals surface area contributed by atoms with Crippen LogP contribution in [0.5, 0.6) is 5.75 Å². The molecule has 3 heteroatoms. The molecule has 2 N–H and O–H groups in total. The van der Waals surface area contributed by atoms with Gasteiger partial charge in [-0.25, -0.2) is 0 Å². The van der Waals surface area contributed by atoms with Crippen LogP contribution < -0.4 is 0 Å². The van der Waals surface area contributed by atoms with E-state index in [-0.39, 0.29) is 5.75 Å². The zero-order valence-electron chi connectivity index (χ0n) is 10.9. The Morgan fingerprint density at radius 1 is 1.11 bits per heavy atom. The van der Waals surface area contributed by atoms with Gasteiger partial charge in [0.05, 0.1) is 6.10 Å². The van der Waals surface area contributed by atoms with Gasteiger partial charge in [-0.2, -0.15) is 0 Å². The van der Waals surface area contributed by atoms with E-state index in [0.717, 1.165) is 5.56 Å². The van der Waals surface area contributed by atoms with Crippen molar-refractivity contribution in [1.82, 2.24) is 0 Å². The van der Waals surface area contributed by atoms with Crippen LogP contribution >= 0.6 is 11.8 Å². The van der Waals surface area contributed by atoms with Gasteiger partial charge in [0.25, 0.3) is 0 Å². The lowest BCUT2D eigenvalue weighted by atomic mass is 10.1. The van der Waals surface area contributed by atoms with Crippen molar-refractivity contribution >= 4 is 11.8 Å². The van der Waals surface area contributed by atoms with Crippen LogP contribution in [-0.4, -0.2) is 22.1 Å². The Hall–Kier alpha value is -1.45. The van der Waals surface area contributed by atoms with Crippen LogP contribution in [0.15, 0.2) is 53.4 Å². The minimum atomic E-state index is -0.411. The van der Waals surface area contributed by atoms with Gasteiger partial charge in [-0.1, -0.05) is 30.3 Å². The molecular formula is C16H18O2S. The van der Waals surface area contributed by atoms with Crippen LogP contribution in [0.25, 0.3) is 0 Å². The summed E-state index contributed by atoms with van der Waals surface area (Å²) < 4.78 is 0. The molecule has 0 fully saturated rings. The predicted molar refractivity (Wildman–Crippen MR) is 79.7 cm³/mol. The molecule has 100 valence electrons. The normalized spacial score (nSPS) is 12.3. The highest BCUT2D eigenvalue weighted by Gasteiger charge is 2.08. The number of phenols is 1. The molecule has 1 atom stereocenters. The van der Waals surface area contributed by atoms with Gasteiger partial charge >= 0.3 is 0 Å². The fourth-order valence-corrected chi connectivity index (χ4v) is 2.88. The summed E-state index contributed by atoms with van der Waals surface area (Å²) in [6, 6.07) is 15.2. The maximum absolute atomic E-state index is 10.0. The van der Waals surface area contributed by atoms with E-state index in [2.05, 4.69) is 19.1 Å². The van der Waals surface area contributed by atoms with Crippen molar-refractivity contribution in [3.05, 3.63) is 59.7 Å². The number of phenolic OH excluding ortho intramolecular Hbond substituents is 1. The molecule has 0 radical (unpaired) electrons. The van der Waals surface area contributed by atoms with Crippen molar-refractivity contribution in [3.63, 3.8) is 0 Å². The van der Waals surface area contributed by atoms with Crippen LogP contribution in [-0.2, 0) is 6.42 Å². The summed E-state index contributed by atoms with van der Waals surface area (Å²) >= 11 is 1.67. The van der Waals surface area contributed by atoms with Crippen molar-refractivity contribution in [2.45, 2.75) is 24.3 Å². The van der Waals surface area contributed by atoms with Gasteiger partial charge in [0, 0.05) is 10.6 Å². The molecule has 2 aromatic carbocycles. The number of benzene rings is 2. The second kappa shape index (κ2) is 6.64. The lowest BCUT2D eigenvalue weighted by molar-refractivity contribution is 0.200. The molecule has 0 bridgehead atoms. The van der Waals surface area contributed by atoms with Gasteiger partial charge in [-0.3, -0.25) is 0 Å². The first-order valence-corrected chi connectivity index (χ1v) is 7.28. The second-order valence-corrected chi connectivity index (χ2v) is 5.67. The van der Waals surface area contributed by atoms with Crippen molar-refractivity contribution in [3.8, 4) is 5.75 Å². The summed E-state index contributed by atoms with van der Waals surface area (Å²) in [5, 5.41) is 19.4. The first-order chi connectivity index (χ1) is 9.15. The van der Waals surface area contributed by atoms with Gasteiger partial charge in [0.15, 0.2) is 0 Å². The third-order valence-corrected chi connectivity index (χ3v) is 4.23. The Morgan fingerprint density at radius 3 is 2.63 bits per heavy atom. The fourth-order valence-electron chi connectivity index (χ4n) is 1.92. The minimum Gasteiger partial charge on any atom is -0.508 e. The smallest absolute Gasteiger partial charge is 0.115 e. The topological polar surface area (TPSA) is 40.5 Å². The van der Waals surface area contributed by atoms with Crippen LogP contribution in [0.2, 0.25) is 0 Å². The number of aliphatic hydroxyl groups is 1. The van der Waals surface area contributed by atoms with E-state index in [4.69, 9.17) is 0 Å². The van der Waals surface area contributed by atoms with Crippen molar-refractivity contribution in [2.75, 3.05) is 5.75 Å². The van der Waals surface area contributed by atoms with Crippen molar-refractivity contribution in [1.29, 1.82) is 0 Å². The summed E-state index contributed by atoms with van der Waals surface area (Å²) in [6.07, 6.45) is 0.152. The predicted octanol–water partition coefficient (Wildman–Crippen LogP) is 3.40. The van der Waals surface area contributed by atoms with E-state index < -0.39 is 6.10 Å². The van der Waals surface area contributed by atoms with Crippen LogP contribution in [0, 0.1) is 6.92 Å². The first-order valence-electron chi connectivity index (χ1n) is 6.29. The zero-order chi connectivity index (χ0) is 13.7. The standard InChI is InChI=1S/C16H18O2S/c1-12-5-2-3-8-16(12)19-11-15(18)10-13-6-4-7-14(17)9-13/h2-9,15,17-18H,10-11H2,1H3. The number of thioether (sulfide) groups is 1. The van der Waals surface area contributed by atoms with E-state index in [0.29, 0.717) is 12.2 Å². The molecule has 0 amide bonds. The molecule has 0 saturated carbocycles. The van der Waals surface area contributed by atoms with E-state index in [1.807, 2.05) is 18.2 Å². The van der Waals surface area contributed by atoms with Gasteiger partial charge < -0.3 is 10.2 Å². The molecule has 0 aliphatic rings. The van der Waals surface area contributed by atoms with Gasteiger partial charge in [0.1, 0.15) is 5.75 Å². The molecule has 0 saturated heterocycles. The van der Waals surface area contributed by atoms with Crippen LogP contribution in [0.4, 0.5) is 0 Å².